The van der Waals surface area contributed by atoms with Crippen molar-refractivity contribution < 1.29 is 13.2 Å². The molecule has 106 valence electrons. The fraction of sp³-hybridized carbons (Fsp3) is 0.118. The molecular formula is C17H12F3N. The molecule has 0 saturated heterocycles. The lowest BCUT2D eigenvalue weighted by atomic mass is 10.0. The number of nitrogens with zero attached hydrogens (tertiary/aromatic N) is 1. The molecule has 2 aromatic carbocycles. The van der Waals surface area contributed by atoms with Gasteiger partial charge in [-0.25, -0.2) is 4.98 Å². The molecule has 0 saturated carbocycles. The highest BCUT2D eigenvalue weighted by atomic mass is 19.4. The van der Waals surface area contributed by atoms with E-state index in [0.29, 0.717) is 5.52 Å². The van der Waals surface area contributed by atoms with Gasteiger partial charge in [-0.2, -0.15) is 13.2 Å². The quantitative estimate of drug-likeness (QED) is 0.657. The van der Waals surface area contributed by atoms with E-state index in [-0.39, 0.29) is 12.0 Å². The molecule has 0 N–H and O–H groups in total. The zero-order chi connectivity index (χ0) is 14.9. The van der Waals surface area contributed by atoms with Gasteiger partial charge >= 0.3 is 6.18 Å². The summed E-state index contributed by atoms with van der Waals surface area (Å²) >= 11 is 0. The largest absolute Gasteiger partial charge is 0.433 e. The van der Waals surface area contributed by atoms with Crippen molar-refractivity contribution in [3.63, 3.8) is 0 Å². The van der Waals surface area contributed by atoms with Crippen molar-refractivity contribution in [2.45, 2.75) is 12.6 Å². The molecule has 1 heterocycles. The minimum atomic E-state index is -4.45. The molecule has 3 rings (SSSR count). The maximum atomic E-state index is 13.2. The summed E-state index contributed by atoms with van der Waals surface area (Å²) in [5, 5.41) is 0.719. The summed E-state index contributed by atoms with van der Waals surface area (Å²) in [6.45, 7) is 0. The summed E-state index contributed by atoms with van der Waals surface area (Å²) < 4.78 is 39.6. The van der Waals surface area contributed by atoms with Crippen LogP contribution in [-0.4, -0.2) is 4.98 Å². The molecule has 0 aliphatic rings. The molecule has 0 unspecified atom stereocenters. The fourth-order valence-corrected chi connectivity index (χ4v) is 2.36. The third kappa shape index (κ3) is 2.89. The van der Waals surface area contributed by atoms with Gasteiger partial charge in [0.1, 0.15) is 5.69 Å². The first-order valence-electron chi connectivity index (χ1n) is 6.54. The molecule has 0 amide bonds. The van der Waals surface area contributed by atoms with Crippen LogP contribution in [0.3, 0.4) is 0 Å². The third-order valence-electron chi connectivity index (χ3n) is 3.31. The second-order valence-corrected chi connectivity index (χ2v) is 4.85. The Morgan fingerprint density at radius 1 is 0.857 bits per heavy atom. The standard InChI is InChI=1S/C17H12F3N/c18-17(19,20)16-14(10-12-6-2-1-3-7-12)11-13-8-4-5-9-15(13)21-16/h1-9,11H,10H2. The number of aromatic nitrogens is 1. The first-order chi connectivity index (χ1) is 10.0. The Morgan fingerprint density at radius 2 is 1.52 bits per heavy atom. The van der Waals surface area contributed by atoms with Gasteiger partial charge in [0.05, 0.1) is 5.52 Å². The summed E-state index contributed by atoms with van der Waals surface area (Å²) in [6.07, 6.45) is -4.23. The van der Waals surface area contributed by atoms with Gasteiger partial charge in [-0.15, -0.1) is 0 Å². The lowest BCUT2D eigenvalue weighted by Crippen LogP contribution is -2.12. The van der Waals surface area contributed by atoms with Gasteiger partial charge in [0.25, 0.3) is 0 Å². The van der Waals surface area contributed by atoms with Crippen molar-refractivity contribution in [1.82, 2.24) is 4.98 Å². The van der Waals surface area contributed by atoms with E-state index in [1.807, 2.05) is 30.3 Å². The molecular weight excluding hydrogens is 275 g/mol. The van der Waals surface area contributed by atoms with E-state index in [4.69, 9.17) is 0 Å². The molecule has 0 radical (unpaired) electrons. The van der Waals surface area contributed by atoms with E-state index in [1.54, 1.807) is 30.3 Å². The summed E-state index contributed by atoms with van der Waals surface area (Å²) in [5.41, 5.74) is 0.596. The second kappa shape index (κ2) is 5.20. The normalized spacial score (nSPS) is 11.8. The number of para-hydroxylation sites is 1. The number of rotatable bonds is 2. The van der Waals surface area contributed by atoms with Crippen LogP contribution in [-0.2, 0) is 12.6 Å². The minimum Gasteiger partial charge on any atom is -0.243 e. The van der Waals surface area contributed by atoms with Gasteiger partial charge in [-0.05, 0) is 29.7 Å². The number of hydrogen-bond donors (Lipinski definition) is 0. The predicted molar refractivity (Wildman–Crippen MR) is 76.0 cm³/mol. The van der Waals surface area contributed by atoms with Gasteiger partial charge in [0.2, 0.25) is 0 Å². The highest BCUT2D eigenvalue weighted by Crippen LogP contribution is 2.33. The minimum absolute atomic E-state index is 0.201. The highest BCUT2D eigenvalue weighted by molar-refractivity contribution is 5.79. The van der Waals surface area contributed by atoms with E-state index in [9.17, 15) is 13.2 Å². The molecule has 0 bridgehead atoms. The average Bonchev–Trinajstić information content (AvgIpc) is 2.46. The molecule has 4 heteroatoms. The number of alkyl halides is 3. The van der Waals surface area contributed by atoms with Crippen LogP contribution in [0.25, 0.3) is 10.9 Å². The molecule has 0 aliphatic carbocycles. The lowest BCUT2D eigenvalue weighted by molar-refractivity contribution is -0.141. The Bertz CT molecular complexity index is 764. The summed E-state index contributed by atoms with van der Waals surface area (Å²) in [7, 11) is 0. The van der Waals surface area contributed by atoms with Gasteiger partial charge < -0.3 is 0 Å². The van der Waals surface area contributed by atoms with E-state index in [2.05, 4.69) is 4.98 Å². The Hall–Kier alpha value is -2.36. The van der Waals surface area contributed by atoms with Crippen molar-refractivity contribution in [3.05, 3.63) is 77.5 Å². The summed E-state index contributed by atoms with van der Waals surface area (Å²) in [5.74, 6) is 0. The Morgan fingerprint density at radius 3 is 2.24 bits per heavy atom. The lowest BCUT2D eigenvalue weighted by Gasteiger charge is -2.13. The first-order valence-corrected chi connectivity index (χ1v) is 6.54. The van der Waals surface area contributed by atoms with Gasteiger partial charge in [0.15, 0.2) is 0 Å². The van der Waals surface area contributed by atoms with Crippen molar-refractivity contribution in [2.24, 2.45) is 0 Å². The van der Waals surface area contributed by atoms with Crippen LogP contribution in [0.15, 0.2) is 60.7 Å². The van der Waals surface area contributed by atoms with Crippen LogP contribution >= 0.6 is 0 Å². The zero-order valence-corrected chi connectivity index (χ0v) is 11.1. The Kier molecular flexibility index (Phi) is 3.37. The molecule has 0 spiro atoms. The van der Waals surface area contributed by atoms with Gasteiger partial charge in [0, 0.05) is 5.39 Å². The number of benzene rings is 2. The Labute approximate surface area is 120 Å². The maximum absolute atomic E-state index is 13.2. The third-order valence-corrected chi connectivity index (χ3v) is 3.31. The predicted octanol–water partition coefficient (Wildman–Crippen LogP) is 4.84. The first kappa shape index (κ1) is 13.6. The second-order valence-electron chi connectivity index (χ2n) is 4.85. The number of pyridine rings is 1. The van der Waals surface area contributed by atoms with E-state index in [0.717, 1.165) is 10.9 Å². The highest BCUT2D eigenvalue weighted by Gasteiger charge is 2.35. The van der Waals surface area contributed by atoms with Crippen molar-refractivity contribution >= 4 is 10.9 Å². The van der Waals surface area contributed by atoms with Crippen LogP contribution in [0.4, 0.5) is 13.2 Å². The topological polar surface area (TPSA) is 12.9 Å². The van der Waals surface area contributed by atoms with Gasteiger partial charge in [-0.3, -0.25) is 0 Å². The summed E-state index contributed by atoms with van der Waals surface area (Å²) in [6, 6.07) is 17.5. The molecule has 0 aliphatic heterocycles. The zero-order valence-electron chi connectivity index (χ0n) is 11.1. The molecule has 1 aromatic heterocycles. The van der Waals surface area contributed by atoms with E-state index >= 15 is 0 Å². The molecule has 3 aromatic rings. The van der Waals surface area contributed by atoms with Crippen molar-refractivity contribution in [2.75, 3.05) is 0 Å². The monoisotopic (exact) mass is 287 g/mol. The summed E-state index contributed by atoms with van der Waals surface area (Å²) in [4.78, 5) is 3.82. The maximum Gasteiger partial charge on any atom is 0.433 e. The van der Waals surface area contributed by atoms with Crippen molar-refractivity contribution in [1.29, 1.82) is 0 Å². The smallest absolute Gasteiger partial charge is 0.243 e. The van der Waals surface area contributed by atoms with Crippen LogP contribution in [0.5, 0.6) is 0 Å². The number of halogens is 3. The molecule has 1 nitrogen and oxygen atoms in total. The van der Waals surface area contributed by atoms with E-state index < -0.39 is 11.9 Å². The molecule has 0 atom stereocenters. The van der Waals surface area contributed by atoms with Gasteiger partial charge in [-0.1, -0.05) is 48.5 Å². The number of hydrogen-bond acceptors (Lipinski definition) is 1. The van der Waals surface area contributed by atoms with Crippen LogP contribution in [0.2, 0.25) is 0 Å². The Balaban J connectivity index is 2.14. The average molecular weight is 287 g/mol. The van der Waals surface area contributed by atoms with Crippen LogP contribution in [0.1, 0.15) is 16.8 Å². The van der Waals surface area contributed by atoms with Crippen LogP contribution in [0, 0.1) is 0 Å². The van der Waals surface area contributed by atoms with Crippen LogP contribution < -0.4 is 0 Å². The SMILES string of the molecule is FC(F)(F)c1nc2ccccc2cc1Cc1ccccc1. The van der Waals surface area contributed by atoms with E-state index in [1.165, 1.54) is 0 Å². The molecule has 0 fully saturated rings. The molecule has 21 heavy (non-hydrogen) atoms. The number of fused-ring (bicyclic) bond motifs is 1. The van der Waals surface area contributed by atoms with Crippen molar-refractivity contribution in [3.8, 4) is 0 Å². The fourth-order valence-electron chi connectivity index (χ4n) is 2.36.